The topological polar surface area (TPSA) is 68.5 Å². The van der Waals surface area contributed by atoms with Gasteiger partial charge in [0.2, 0.25) is 5.91 Å². The molecular weight excluding hydrogens is 256 g/mol. The number of rotatable bonds is 7. The Kier molecular flexibility index (Phi) is 5.06. The number of hydrogen-bond acceptors (Lipinski definition) is 4. The molecule has 0 aliphatic carbocycles. The third-order valence-electron chi connectivity index (χ3n) is 2.89. The molecule has 0 bridgehead atoms. The van der Waals surface area contributed by atoms with Gasteiger partial charge < -0.3 is 10.1 Å². The molecule has 0 saturated heterocycles. The molecule has 0 saturated carbocycles. The van der Waals surface area contributed by atoms with Crippen LogP contribution in [0, 0.1) is 6.92 Å². The van der Waals surface area contributed by atoms with Crippen LogP contribution in [0.25, 0.3) is 5.65 Å². The van der Waals surface area contributed by atoms with Gasteiger partial charge in [-0.05, 0) is 32.3 Å². The van der Waals surface area contributed by atoms with Gasteiger partial charge in [-0.2, -0.15) is 5.10 Å². The monoisotopic (exact) mass is 276 g/mol. The maximum atomic E-state index is 11.3. The largest absolute Gasteiger partial charge is 0.372 e. The molecule has 0 radical (unpaired) electrons. The third kappa shape index (κ3) is 4.03. The van der Waals surface area contributed by atoms with Gasteiger partial charge >= 0.3 is 0 Å². The number of carbonyl (C=O) groups excluding carboxylic acids is 1. The highest BCUT2D eigenvalue weighted by molar-refractivity contribution is 5.77. The van der Waals surface area contributed by atoms with E-state index in [9.17, 15) is 4.79 Å². The SMILES string of the molecule is CCOCC(=O)NCCCc1cnc2cc(C)nn2c1. The summed E-state index contributed by atoms with van der Waals surface area (Å²) in [6.07, 6.45) is 5.57. The van der Waals surface area contributed by atoms with Gasteiger partial charge in [-0.3, -0.25) is 4.79 Å². The number of nitrogens with one attached hydrogen (secondary N) is 1. The Morgan fingerprint density at radius 2 is 2.35 bits per heavy atom. The molecule has 2 rings (SSSR count). The van der Waals surface area contributed by atoms with E-state index in [1.54, 1.807) is 4.52 Å². The first-order chi connectivity index (χ1) is 9.69. The van der Waals surface area contributed by atoms with Crippen molar-refractivity contribution in [3.63, 3.8) is 0 Å². The van der Waals surface area contributed by atoms with Crippen LogP contribution in [-0.4, -0.2) is 40.3 Å². The quantitative estimate of drug-likeness (QED) is 0.770. The smallest absolute Gasteiger partial charge is 0.245 e. The summed E-state index contributed by atoms with van der Waals surface area (Å²) in [5.74, 6) is -0.0665. The highest BCUT2D eigenvalue weighted by Gasteiger charge is 2.02. The Balaban J connectivity index is 1.76. The summed E-state index contributed by atoms with van der Waals surface area (Å²) in [5, 5.41) is 7.15. The average Bonchev–Trinajstić information content (AvgIpc) is 2.80. The molecule has 6 nitrogen and oxygen atoms in total. The fraction of sp³-hybridized carbons (Fsp3) is 0.500. The standard InChI is InChI=1S/C14H20N4O2/c1-3-20-10-14(19)15-6-4-5-12-8-16-13-7-11(2)17-18(13)9-12/h7-9H,3-6,10H2,1-2H3,(H,15,19). The van der Waals surface area contributed by atoms with Gasteiger partial charge in [0.05, 0.1) is 5.69 Å². The van der Waals surface area contributed by atoms with Crippen LogP contribution in [0.3, 0.4) is 0 Å². The Hall–Kier alpha value is -1.95. The number of amides is 1. The molecule has 0 aliphatic heterocycles. The van der Waals surface area contributed by atoms with E-state index in [4.69, 9.17) is 4.74 Å². The van der Waals surface area contributed by atoms with E-state index < -0.39 is 0 Å². The van der Waals surface area contributed by atoms with Gasteiger partial charge in [0.25, 0.3) is 0 Å². The zero-order valence-corrected chi connectivity index (χ0v) is 11.9. The van der Waals surface area contributed by atoms with E-state index >= 15 is 0 Å². The molecule has 2 heterocycles. The lowest BCUT2D eigenvalue weighted by atomic mass is 10.2. The second kappa shape index (κ2) is 7.00. The number of carbonyl (C=O) groups is 1. The van der Waals surface area contributed by atoms with Gasteiger partial charge in [0, 0.05) is 31.6 Å². The fourth-order valence-corrected chi connectivity index (χ4v) is 1.93. The predicted molar refractivity (Wildman–Crippen MR) is 75.5 cm³/mol. The molecule has 0 unspecified atom stereocenters. The minimum atomic E-state index is -0.0665. The Morgan fingerprint density at radius 1 is 1.50 bits per heavy atom. The molecule has 108 valence electrons. The molecule has 0 aliphatic rings. The number of fused-ring (bicyclic) bond motifs is 1. The number of aryl methyl sites for hydroxylation is 2. The minimum Gasteiger partial charge on any atom is -0.372 e. The first-order valence-corrected chi connectivity index (χ1v) is 6.84. The number of ether oxygens (including phenoxy) is 1. The molecule has 20 heavy (non-hydrogen) atoms. The molecule has 0 spiro atoms. The lowest BCUT2D eigenvalue weighted by Gasteiger charge is -2.05. The van der Waals surface area contributed by atoms with Crippen molar-refractivity contribution in [1.82, 2.24) is 19.9 Å². The predicted octanol–water partition coefficient (Wildman–Crippen LogP) is 1.12. The summed E-state index contributed by atoms with van der Waals surface area (Å²) >= 11 is 0. The van der Waals surface area contributed by atoms with Crippen molar-refractivity contribution in [3.05, 3.63) is 29.7 Å². The number of nitrogens with zero attached hydrogens (tertiary/aromatic N) is 3. The van der Waals surface area contributed by atoms with E-state index in [2.05, 4.69) is 15.4 Å². The first-order valence-electron chi connectivity index (χ1n) is 6.84. The van der Waals surface area contributed by atoms with Crippen LogP contribution < -0.4 is 5.32 Å². The molecule has 1 amide bonds. The van der Waals surface area contributed by atoms with Gasteiger partial charge in [-0.25, -0.2) is 9.50 Å². The highest BCUT2D eigenvalue weighted by Crippen LogP contribution is 2.06. The molecule has 0 fully saturated rings. The summed E-state index contributed by atoms with van der Waals surface area (Å²) in [5.41, 5.74) is 2.92. The zero-order valence-electron chi connectivity index (χ0n) is 11.9. The van der Waals surface area contributed by atoms with Gasteiger partial charge in [-0.15, -0.1) is 0 Å². The average molecular weight is 276 g/mol. The molecule has 6 heteroatoms. The number of aromatic nitrogens is 3. The fourth-order valence-electron chi connectivity index (χ4n) is 1.93. The second-order valence-electron chi connectivity index (χ2n) is 4.64. The zero-order chi connectivity index (χ0) is 14.4. The summed E-state index contributed by atoms with van der Waals surface area (Å²) in [6.45, 7) is 5.15. The molecule has 2 aromatic heterocycles. The van der Waals surface area contributed by atoms with Crippen LogP contribution in [0.5, 0.6) is 0 Å². The van der Waals surface area contributed by atoms with Gasteiger partial charge in [0.15, 0.2) is 5.65 Å². The maximum absolute atomic E-state index is 11.3. The van der Waals surface area contributed by atoms with Crippen LogP contribution in [0.1, 0.15) is 24.6 Å². The summed E-state index contributed by atoms with van der Waals surface area (Å²) < 4.78 is 6.82. The molecule has 2 aromatic rings. The van der Waals surface area contributed by atoms with Crippen LogP contribution >= 0.6 is 0 Å². The van der Waals surface area contributed by atoms with E-state index in [1.165, 1.54) is 0 Å². The Labute approximate surface area is 118 Å². The summed E-state index contributed by atoms with van der Waals surface area (Å²) in [4.78, 5) is 15.7. The van der Waals surface area contributed by atoms with Crippen molar-refractivity contribution in [1.29, 1.82) is 0 Å². The van der Waals surface area contributed by atoms with E-state index in [-0.39, 0.29) is 12.5 Å². The molecule has 1 N–H and O–H groups in total. The molecule has 0 aromatic carbocycles. The second-order valence-corrected chi connectivity index (χ2v) is 4.64. The van der Waals surface area contributed by atoms with E-state index in [0.29, 0.717) is 13.2 Å². The van der Waals surface area contributed by atoms with E-state index in [1.807, 2.05) is 32.3 Å². The van der Waals surface area contributed by atoms with Crippen LogP contribution in [0.15, 0.2) is 18.5 Å². The lowest BCUT2D eigenvalue weighted by Crippen LogP contribution is -2.28. The summed E-state index contributed by atoms with van der Waals surface area (Å²) in [6, 6.07) is 1.94. The van der Waals surface area contributed by atoms with Crippen molar-refractivity contribution >= 4 is 11.6 Å². The third-order valence-corrected chi connectivity index (χ3v) is 2.89. The normalized spacial score (nSPS) is 10.9. The van der Waals surface area contributed by atoms with Crippen LogP contribution in [0.4, 0.5) is 0 Å². The first kappa shape index (κ1) is 14.5. The Morgan fingerprint density at radius 3 is 3.15 bits per heavy atom. The Bertz CT molecular complexity index is 580. The van der Waals surface area contributed by atoms with Gasteiger partial charge in [0.1, 0.15) is 6.61 Å². The number of hydrogen-bond donors (Lipinski definition) is 1. The van der Waals surface area contributed by atoms with Crippen LogP contribution in [0.2, 0.25) is 0 Å². The summed E-state index contributed by atoms with van der Waals surface area (Å²) in [7, 11) is 0. The lowest BCUT2D eigenvalue weighted by molar-refractivity contribution is -0.125. The van der Waals surface area contributed by atoms with Crippen molar-refractivity contribution in [2.75, 3.05) is 19.8 Å². The van der Waals surface area contributed by atoms with Crippen molar-refractivity contribution in [3.8, 4) is 0 Å². The van der Waals surface area contributed by atoms with Crippen molar-refractivity contribution in [2.45, 2.75) is 26.7 Å². The highest BCUT2D eigenvalue weighted by atomic mass is 16.5. The van der Waals surface area contributed by atoms with Gasteiger partial charge in [-0.1, -0.05) is 0 Å². The van der Waals surface area contributed by atoms with Crippen molar-refractivity contribution < 1.29 is 9.53 Å². The van der Waals surface area contributed by atoms with E-state index in [0.717, 1.165) is 29.7 Å². The van der Waals surface area contributed by atoms with Crippen LogP contribution in [-0.2, 0) is 16.0 Å². The maximum Gasteiger partial charge on any atom is 0.245 e. The molecule has 0 atom stereocenters. The van der Waals surface area contributed by atoms with Crippen molar-refractivity contribution in [2.24, 2.45) is 0 Å². The molecular formula is C14H20N4O2. The minimum absolute atomic E-state index is 0.0665.